The predicted octanol–water partition coefficient (Wildman–Crippen LogP) is -1.44. The van der Waals surface area contributed by atoms with Gasteiger partial charge in [0.05, 0.1) is 0 Å². The number of amides is 2. The lowest BCUT2D eigenvalue weighted by Gasteiger charge is -2.08. The number of carbonyl (C=O) groups excluding carboxylic acids is 2. The van der Waals surface area contributed by atoms with Crippen molar-refractivity contribution in [3.8, 4) is 0 Å². The molecule has 1 rings (SSSR count). The van der Waals surface area contributed by atoms with E-state index >= 15 is 0 Å². The minimum absolute atomic E-state index is 0.481. The second kappa shape index (κ2) is 1.99. The molecule has 0 aromatic heterocycles. The number of imide groups is 1. The van der Waals surface area contributed by atoms with E-state index in [9.17, 15) is 9.59 Å². The predicted molar refractivity (Wildman–Crippen MR) is 28.3 cm³/mol. The lowest BCUT2D eigenvalue weighted by Crippen LogP contribution is -2.40. The Kier molecular flexibility index (Phi) is 1.32. The molecule has 0 aromatic carbocycles. The summed E-state index contributed by atoms with van der Waals surface area (Å²) in [6, 6.07) is 0. The second-order valence-corrected chi connectivity index (χ2v) is 1.66. The van der Waals surface area contributed by atoms with Gasteiger partial charge in [-0.05, 0) is 6.08 Å². The number of nitrogens with one attached hydrogen (secondary N) is 1. The van der Waals surface area contributed by atoms with Crippen LogP contribution in [0.25, 0.3) is 0 Å². The largest absolute Gasteiger partial charge is 0.379 e. The number of carbonyl (C=O) groups is 2. The first-order valence-electron chi connectivity index (χ1n) is 2.41. The van der Waals surface area contributed by atoms with Crippen LogP contribution in [0.15, 0.2) is 12.2 Å². The topological polar surface area (TPSA) is 66.4 Å². The normalized spacial score (nSPS) is 26.1. The molecule has 1 aliphatic heterocycles. The van der Waals surface area contributed by atoms with Crippen molar-refractivity contribution in [2.45, 2.75) is 6.10 Å². The minimum atomic E-state index is -1.16. The molecule has 1 aliphatic rings. The smallest absolute Gasteiger partial charge is 0.259 e. The van der Waals surface area contributed by atoms with Crippen molar-refractivity contribution in [3.05, 3.63) is 12.2 Å². The van der Waals surface area contributed by atoms with Crippen molar-refractivity contribution < 1.29 is 14.7 Å². The van der Waals surface area contributed by atoms with Crippen molar-refractivity contribution in [2.24, 2.45) is 0 Å². The summed E-state index contributed by atoms with van der Waals surface area (Å²) in [4.78, 5) is 20.7. The third-order valence-corrected chi connectivity index (χ3v) is 0.945. The highest BCUT2D eigenvalue weighted by atomic mass is 16.3. The zero-order valence-electron chi connectivity index (χ0n) is 4.50. The molecule has 1 unspecified atom stereocenters. The summed E-state index contributed by atoms with van der Waals surface area (Å²) in [6.07, 6.45) is 1.09. The van der Waals surface area contributed by atoms with Gasteiger partial charge >= 0.3 is 0 Å². The van der Waals surface area contributed by atoms with Gasteiger partial charge in [-0.2, -0.15) is 0 Å². The van der Waals surface area contributed by atoms with Crippen LogP contribution in [0.2, 0.25) is 0 Å². The van der Waals surface area contributed by atoms with Gasteiger partial charge in [0.25, 0.3) is 5.91 Å². The van der Waals surface area contributed by atoms with Crippen LogP contribution in [0.4, 0.5) is 0 Å². The molecule has 0 saturated carbocycles. The average Bonchev–Trinajstić information content (AvgIpc) is 1.80. The number of rotatable bonds is 0. The third kappa shape index (κ3) is 1.14. The molecule has 0 spiro atoms. The van der Waals surface area contributed by atoms with Crippen LogP contribution in [0.1, 0.15) is 0 Å². The Morgan fingerprint density at radius 2 is 2.22 bits per heavy atom. The molecule has 0 radical (unpaired) electrons. The Morgan fingerprint density at radius 1 is 1.56 bits per heavy atom. The quantitative estimate of drug-likeness (QED) is 0.391. The summed E-state index contributed by atoms with van der Waals surface area (Å²) < 4.78 is 0. The standard InChI is InChI=1S/C5H5NO3/c7-3-1-2-4(8)6-5(3)9/h1-3,7H,(H,6,8,9). The van der Waals surface area contributed by atoms with E-state index in [2.05, 4.69) is 0 Å². The van der Waals surface area contributed by atoms with Gasteiger partial charge in [-0.1, -0.05) is 0 Å². The van der Waals surface area contributed by atoms with E-state index in [0.29, 0.717) is 0 Å². The Balaban J connectivity index is 2.76. The van der Waals surface area contributed by atoms with Gasteiger partial charge in [-0.25, -0.2) is 0 Å². The minimum Gasteiger partial charge on any atom is -0.379 e. The van der Waals surface area contributed by atoms with Gasteiger partial charge in [0.2, 0.25) is 5.91 Å². The Labute approximate surface area is 51.2 Å². The average molecular weight is 127 g/mol. The molecule has 9 heavy (non-hydrogen) atoms. The summed E-state index contributed by atoms with van der Waals surface area (Å²) in [5.74, 6) is -1.15. The number of aliphatic hydroxyl groups excluding tert-OH is 1. The fourth-order valence-corrected chi connectivity index (χ4v) is 0.503. The van der Waals surface area contributed by atoms with Gasteiger partial charge in [0.1, 0.15) is 0 Å². The van der Waals surface area contributed by atoms with Gasteiger partial charge in [0.15, 0.2) is 6.10 Å². The van der Waals surface area contributed by atoms with E-state index in [4.69, 9.17) is 5.11 Å². The first-order chi connectivity index (χ1) is 4.20. The zero-order chi connectivity index (χ0) is 6.85. The SMILES string of the molecule is O=C1C=CC(O)C(=O)N1. The van der Waals surface area contributed by atoms with Gasteiger partial charge in [0, 0.05) is 6.08 Å². The molecule has 4 heteroatoms. The van der Waals surface area contributed by atoms with Gasteiger partial charge in [-0.15, -0.1) is 0 Å². The lowest BCUT2D eigenvalue weighted by molar-refractivity contribution is -0.133. The summed E-state index contributed by atoms with van der Waals surface area (Å²) in [5, 5.41) is 10.6. The number of hydrogen-bond acceptors (Lipinski definition) is 3. The first-order valence-corrected chi connectivity index (χ1v) is 2.41. The van der Waals surface area contributed by atoms with Crippen LogP contribution in [0.3, 0.4) is 0 Å². The van der Waals surface area contributed by atoms with Crippen LogP contribution in [0, 0.1) is 0 Å². The van der Waals surface area contributed by atoms with E-state index in [0.717, 1.165) is 12.2 Å². The van der Waals surface area contributed by atoms with E-state index in [1.54, 1.807) is 0 Å². The lowest BCUT2D eigenvalue weighted by atomic mass is 10.2. The maximum atomic E-state index is 10.4. The van der Waals surface area contributed by atoms with E-state index in [1.807, 2.05) is 5.32 Å². The van der Waals surface area contributed by atoms with Crippen LogP contribution in [0.5, 0.6) is 0 Å². The molecule has 1 atom stereocenters. The molecule has 0 aromatic rings. The molecule has 0 bridgehead atoms. The van der Waals surface area contributed by atoms with Crippen LogP contribution < -0.4 is 5.32 Å². The molecule has 2 amide bonds. The van der Waals surface area contributed by atoms with Crippen molar-refractivity contribution in [1.82, 2.24) is 5.32 Å². The monoisotopic (exact) mass is 127 g/mol. The highest BCUT2D eigenvalue weighted by molar-refractivity contribution is 6.05. The Morgan fingerprint density at radius 3 is 2.67 bits per heavy atom. The molecular weight excluding hydrogens is 122 g/mol. The second-order valence-electron chi connectivity index (χ2n) is 1.66. The first kappa shape index (κ1) is 5.97. The van der Waals surface area contributed by atoms with Crippen molar-refractivity contribution >= 4 is 11.8 Å². The molecular formula is C5H5NO3. The third-order valence-electron chi connectivity index (χ3n) is 0.945. The molecule has 4 nitrogen and oxygen atoms in total. The molecule has 2 N–H and O–H groups in total. The van der Waals surface area contributed by atoms with Crippen LogP contribution in [-0.2, 0) is 9.59 Å². The van der Waals surface area contributed by atoms with Crippen molar-refractivity contribution in [3.63, 3.8) is 0 Å². The fraction of sp³-hybridized carbons (Fsp3) is 0.200. The molecule has 0 fully saturated rings. The Hall–Kier alpha value is -1.16. The molecule has 0 saturated heterocycles. The summed E-state index contributed by atoms with van der Waals surface area (Å²) >= 11 is 0. The van der Waals surface area contributed by atoms with Gasteiger partial charge in [-0.3, -0.25) is 14.9 Å². The molecule has 0 aliphatic carbocycles. The summed E-state index contributed by atoms with van der Waals surface area (Å²) in [6.45, 7) is 0. The number of aliphatic hydroxyl groups is 1. The van der Waals surface area contributed by atoms with E-state index < -0.39 is 17.9 Å². The van der Waals surface area contributed by atoms with Crippen LogP contribution >= 0.6 is 0 Å². The maximum absolute atomic E-state index is 10.4. The fourth-order valence-electron chi connectivity index (χ4n) is 0.503. The Bertz CT molecular complexity index is 185. The maximum Gasteiger partial charge on any atom is 0.259 e. The van der Waals surface area contributed by atoms with Crippen LogP contribution in [-0.4, -0.2) is 23.0 Å². The zero-order valence-corrected chi connectivity index (χ0v) is 4.50. The molecule has 48 valence electrons. The summed E-state index contributed by atoms with van der Waals surface area (Å²) in [5.41, 5.74) is 0. The molecule has 1 heterocycles. The number of hydrogen-bond donors (Lipinski definition) is 2. The highest BCUT2D eigenvalue weighted by Crippen LogP contribution is 1.91. The van der Waals surface area contributed by atoms with Gasteiger partial charge < -0.3 is 5.11 Å². The van der Waals surface area contributed by atoms with E-state index in [1.165, 1.54) is 0 Å². The van der Waals surface area contributed by atoms with Crippen molar-refractivity contribution in [2.75, 3.05) is 0 Å². The van der Waals surface area contributed by atoms with Crippen molar-refractivity contribution in [1.29, 1.82) is 0 Å². The summed E-state index contributed by atoms with van der Waals surface area (Å²) in [7, 11) is 0. The van der Waals surface area contributed by atoms with E-state index in [-0.39, 0.29) is 0 Å². The highest BCUT2D eigenvalue weighted by Gasteiger charge is 2.17.